The third-order valence-electron chi connectivity index (χ3n) is 6.31. The number of amides is 2. The van der Waals surface area contributed by atoms with Gasteiger partial charge >= 0.3 is 12.4 Å². The van der Waals surface area contributed by atoms with Crippen LogP contribution in [0, 0.1) is 5.82 Å². The summed E-state index contributed by atoms with van der Waals surface area (Å²) in [6, 6.07) is 18.3. The van der Waals surface area contributed by atoms with Crippen LogP contribution in [-0.4, -0.2) is 53.2 Å². The second-order valence-corrected chi connectivity index (χ2v) is 8.92. The van der Waals surface area contributed by atoms with Crippen molar-refractivity contribution in [3.05, 3.63) is 78.6 Å². The second-order valence-electron chi connectivity index (χ2n) is 8.92. The lowest BCUT2D eigenvalue weighted by atomic mass is 10.0. The number of nitrogens with one attached hydrogen (secondary N) is 1. The SMILES string of the molecule is CC1CN(c2nnc(-c3ccc(F)cc3)c3ccccc23)CCN1C(=O)Nc1ccc(OC(F)(F)F)cc1. The maximum atomic E-state index is 13.4. The molecule has 0 saturated carbocycles. The third-order valence-corrected chi connectivity index (χ3v) is 6.31. The number of carbonyl (C=O) groups is 1. The third kappa shape index (κ3) is 5.46. The number of hydrogen-bond donors (Lipinski definition) is 1. The smallest absolute Gasteiger partial charge is 0.406 e. The van der Waals surface area contributed by atoms with Gasteiger partial charge in [0.2, 0.25) is 0 Å². The number of aromatic nitrogens is 2. The van der Waals surface area contributed by atoms with Crippen LogP contribution >= 0.6 is 0 Å². The lowest BCUT2D eigenvalue weighted by Gasteiger charge is -2.40. The highest BCUT2D eigenvalue weighted by molar-refractivity contribution is 6.00. The van der Waals surface area contributed by atoms with Crippen LogP contribution in [-0.2, 0) is 0 Å². The summed E-state index contributed by atoms with van der Waals surface area (Å²) in [5.41, 5.74) is 1.77. The second kappa shape index (κ2) is 10.2. The average Bonchev–Trinajstić information content (AvgIpc) is 2.89. The van der Waals surface area contributed by atoms with Crippen molar-refractivity contribution in [2.45, 2.75) is 19.3 Å². The zero-order valence-electron chi connectivity index (χ0n) is 20.2. The van der Waals surface area contributed by atoms with Crippen LogP contribution < -0.4 is 15.0 Å². The van der Waals surface area contributed by atoms with E-state index in [1.54, 1.807) is 17.0 Å². The minimum absolute atomic E-state index is 0.186. The first-order valence-electron chi connectivity index (χ1n) is 11.9. The number of ether oxygens (including phenoxy) is 1. The monoisotopic (exact) mass is 525 g/mol. The molecule has 1 aliphatic rings. The molecule has 1 aromatic heterocycles. The predicted octanol–water partition coefficient (Wildman–Crippen LogP) is 6.08. The zero-order valence-corrected chi connectivity index (χ0v) is 20.2. The first-order valence-corrected chi connectivity index (χ1v) is 11.9. The van der Waals surface area contributed by atoms with Gasteiger partial charge in [-0.15, -0.1) is 23.4 Å². The van der Waals surface area contributed by atoms with E-state index in [-0.39, 0.29) is 23.6 Å². The van der Waals surface area contributed by atoms with E-state index in [0.29, 0.717) is 36.8 Å². The Labute approximate surface area is 215 Å². The van der Waals surface area contributed by atoms with E-state index < -0.39 is 6.36 Å². The fraction of sp³-hybridized carbons (Fsp3) is 0.222. The number of carbonyl (C=O) groups excluding carboxylic acids is 1. The largest absolute Gasteiger partial charge is 0.573 e. The number of benzene rings is 3. The molecule has 1 atom stereocenters. The number of fused-ring (bicyclic) bond motifs is 1. The number of piperazine rings is 1. The molecule has 1 saturated heterocycles. The molecule has 7 nitrogen and oxygen atoms in total. The van der Waals surface area contributed by atoms with E-state index >= 15 is 0 Å². The predicted molar refractivity (Wildman–Crippen MR) is 135 cm³/mol. The minimum atomic E-state index is -4.78. The highest BCUT2D eigenvalue weighted by Crippen LogP contribution is 2.32. The maximum Gasteiger partial charge on any atom is 0.573 e. The maximum absolute atomic E-state index is 13.4. The fourth-order valence-electron chi connectivity index (χ4n) is 4.53. The van der Waals surface area contributed by atoms with E-state index in [1.165, 1.54) is 24.3 Å². The first kappa shape index (κ1) is 25.2. The van der Waals surface area contributed by atoms with Crippen molar-refractivity contribution < 1.29 is 27.1 Å². The van der Waals surface area contributed by atoms with Gasteiger partial charge in [0, 0.05) is 47.7 Å². The first-order chi connectivity index (χ1) is 18.2. The van der Waals surface area contributed by atoms with Crippen molar-refractivity contribution in [1.29, 1.82) is 0 Å². The Kier molecular flexibility index (Phi) is 6.75. The van der Waals surface area contributed by atoms with Gasteiger partial charge in [0.25, 0.3) is 0 Å². The Balaban J connectivity index is 1.29. The molecule has 1 unspecified atom stereocenters. The van der Waals surface area contributed by atoms with Gasteiger partial charge < -0.3 is 19.9 Å². The Hall–Kier alpha value is -4.41. The molecule has 3 aromatic carbocycles. The summed E-state index contributed by atoms with van der Waals surface area (Å²) in [7, 11) is 0. The van der Waals surface area contributed by atoms with Gasteiger partial charge in [-0.2, -0.15) is 0 Å². The van der Waals surface area contributed by atoms with Gasteiger partial charge in [-0.25, -0.2) is 9.18 Å². The molecule has 38 heavy (non-hydrogen) atoms. The van der Waals surface area contributed by atoms with Gasteiger partial charge in [-0.05, 0) is 55.5 Å². The van der Waals surface area contributed by atoms with E-state index in [1.807, 2.05) is 31.2 Å². The molecular formula is C27H23F4N5O2. The molecule has 1 N–H and O–H groups in total. The Morgan fingerprint density at radius 2 is 1.63 bits per heavy atom. The van der Waals surface area contributed by atoms with Crippen molar-refractivity contribution in [3.63, 3.8) is 0 Å². The van der Waals surface area contributed by atoms with Crippen LogP contribution in [0.5, 0.6) is 5.75 Å². The van der Waals surface area contributed by atoms with E-state index in [4.69, 9.17) is 0 Å². The van der Waals surface area contributed by atoms with E-state index in [2.05, 4.69) is 25.2 Å². The highest BCUT2D eigenvalue weighted by Gasteiger charge is 2.31. The van der Waals surface area contributed by atoms with Crippen molar-refractivity contribution in [2.75, 3.05) is 29.9 Å². The number of hydrogen-bond acceptors (Lipinski definition) is 5. The topological polar surface area (TPSA) is 70.6 Å². The number of alkyl halides is 3. The lowest BCUT2D eigenvalue weighted by molar-refractivity contribution is -0.274. The molecule has 5 rings (SSSR count). The highest BCUT2D eigenvalue weighted by atomic mass is 19.4. The molecule has 11 heteroatoms. The molecule has 0 radical (unpaired) electrons. The van der Waals surface area contributed by atoms with Gasteiger partial charge in [0.05, 0.1) is 0 Å². The van der Waals surface area contributed by atoms with Crippen LogP contribution in [0.1, 0.15) is 6.92 Å². The van der Waals surface area contributed by atoms with Crippen molar-refractivity contribution in [3.8, 4) is 17.0 Å². The van der Waals surface area contributed by atoms with Crippen LogP contribution in [0.15, 0.2) is 72.8 Å². The molecule has 0 spiro atoms. The lowest BCUT2D eigenvalue weighted by Crippen LogP contribution is -2.55. The van der Waals surface area contributed by atoms with Gasteiger partial charge in [-0.1, -0.05) is 24.3 Å². The van der Waals surface area contributed by atoms with Gasteiger partial charge in [-0.3, -0.25) is 0 Å². The normalized spacial score (nSPS) is 16.0. The van der Waals surface area contributed by atoms with Crippen molar-refractivity contribution >= 4 is 28.3 Å². The summed E-state index contributed by atoms with van der Waals surface area (Å²) < 4.78 is 54.4. The van der Waals surface area contributed by atoms with Gasteiger partial charge in [0.15, 0.2) is 5.82 Å². The molecule has 1 aliphatic heterocycles. The summed E-state index contributed by atoms with van der Waals surface area (Å²) >= 11 is 0. The van der Waals surface area contributed by atoms with Crippen LogP contribution in [0.3, 0.4) is 0 Å². The Bertz CT molecular complexity index is 1450. The fourth-order valence-corrected chi connectivity index (χ4v) is 4.53. The average molecular weight is 526 g/mol. The van der Waals surface area contributed by atoms with Crippen LogP contribution in [0.25, 0.3) is 22.0 Å². The summed E-state index contributed by atoms with van der Waals surface area (Å²) in [4.78, 5) is 16.6. The molecular weight excluding hydrogens is 502 g/mol. The number of halogens is 4. The van der Waals surface area contributed by atoms with Crippen molar-refractivity contribution in [1.82, 2.24) is 15.1 Å². The molecule has 2 amide bonds. The standard InChI is InChI=1S/C27H23F4N5O2/c1-17-16-35(14-15-36(17)26(37)32-20-10-12-21(13-11-20)38-27(29,30)31)25-23-5-3-2-4-22(23)24(33-34-25)18-6-8-19(28)9-7-18/h2-13,17H,14-16H2,1H3,(H,32,37). The molecule has 0 bridgehead atoms. The minimum Gasteiger partial charge on any atom is -0.406 e. The van der Waals surface area contributed by atoms with Crippen molar-refractivity contribution in [2.24, 2.45) is 0 Å². The summed E-state index contributed by atoms with van der Waals surface area (Å²) in [5.74, 6) is 0.000836. The Morgan fingerprint density at radius 3 is 2.29 bits per heavy atom. The molecule has 0 aliphatic carbocycles. The molecule has 4 aromatic rings. The number of urea groups is 1. The molecule has 1 fully saturated rings. The number of rotatable bonds is 4. The summed E-state index contributed by atoms with van der Waals surface area (Å²) in [6.45, 7) is 3.32. The Morgan fingerprint density at radius 1 is 0.947 bits per heavy atom. The molecule has 196 valence electrons. The summed E-state index contributed by atoms with van der Waals surface area (Å²) in [5, 5.41) is 13.5. The van der Waals surface area contributed by atoms with E-state index in [0.717, 1.165) is 28.5 Å². The van der Waals surface area contributed by atoms with Gasteiger partial charge in [0.1, 0.15) is 17.3 Å². The van der Waals surface area contributed by atoms with Crippen LogP contribution in [0.2, 0.25) is 0 Å². The zero-order chi connectivity index (χ0) is 26.9. The van der Waals surface area contributed by atoms with Crippen LogP contribution in [0.4, 0.5) is 33.9 Å². The summed E-state index contributed by atoms with van der Waals surface area (Å²) in [6.07, 6.45) is -4.78. The molecule has 2 heterocycles. The number of anilines is 2. The quantitative estimate of drug-likeness (QED) is 0.327. The number of nitrogens with zero attached hydrogens (tertiary/aromatic N) is 4. The van der Waals surface area contributed by atoms with E-state index in [9.17, 15) is 22.4 Å².